The van der Waals surface area contributed by atoms with Gasteiger partial charge in [0.05, 0.1) is 16.5 Å². The Balaban J connectivity index is 1.30. The summed E-state index contributed by atoms with van der Waals surface area (Å²) < 4.78 is 29.8. The number of hydrogen-bond donors (Lipinski definition) is 0. The van der Waals surface area contributed by atoms with E-state index in [0.29, 0.717) is 34.2 Å². The summed E-state index contributed by atoms with van der Waals surface area (Å²) in [7, 11) is -3.42. The number of rotatable bonds is 6. The Kier molecular flexibility index (Phi) is 7.97. The Bertz CT molecular complexity index is 1750. The summed E-state index contributed by atoms with van der Waals surface area (Å²) in [6, 6.07) is 19.1. The SMILES string of the molecule is Cc1cc(-c2cccc(S(C)(=O)=O)c2)c(Cl)cc1C1C(=O)OC2(CCN(C(=O)CCc3ccccc3C#N)CC2)C1=O. The first kappa shape index (κ1) is 29.5. The molecule has 2 saturated heterocycles. The molecule has 8 nitrogen and oxygen atoms in total. The van der Waals surface area contributed by atoms with Crippen LogP contribution in [0.1, 0.15) is 47.4 Å². The second kappa shape index (κ2) is 11.3. The number of piperidine rings is 1. The minimum absolute atomic E-state index is 0.0796. The van der Waals surface area contributed by atoms with Crippen LogP contribution in [-0.4, -0.2) is 55.9 Å². The molecule has 10 heteroatoms. The molecule has 0 N–H and O–H groups in total. The van der Waals surface area contributed by atoms with Crippen molar-refractivity contribution in [2.75, 3.05) is 19.3 Å². The fourth-order valence-electron chi connectivity index (χ4n) is 5.78. The molecule has 42 heavy (non-hydrogen) atoms. The molecule has 3 aromatic carbocycles. The molecule has 2 fully saturated rings. The molecule has 3 aromatic rings. The van der Waals surface area contributed by atoms with Crippen molar-refractivity contribution < 1.29 is 27.5 Å². The van der Waals surface area contributed by atoms with Crippen molar-refractivity contribution in [3.8, 4) is 17.2 Å². The van der Waals surface area contributed by atoms with Gasteiger partial charge in [0.1, 0.15) is 5.92 Å². The molecule has 2 heterocycles. The van der Waals surface area contributed by atoms with Gasteiger partial charge in [-0.2, -0.15) is 5.26 Å². The van der Waals surface area contributed by atoms with E-state index in [1.807, 2.05) is 12.1 Å². The molecule has 2 aliphatic heterocycles. The van der Waals surface area contributed by atoms with Gasteiger partial charge in [-0.15, -0.1) is 0 Å². The maximum Gasteiger partial charge on any atom is 0.322 e. The summed E-state index contributed by atoms with van der Waals surface area (Å²) in [5, 5.41) is 9.57. The Morgan fingerprint density at radius 1 is 1.10 bits per heavy atom. The molecule has 5 rings (SSSR count). The van der Waals surface area contributed by atoms with Crippen LogP contribution >= 0.6 is 11.6 Å². The normalized spacial score (nSPS) is 18.1. The van der Waals surface area contributed by atoms with Gasteiger partial charge in [-0.25, -0.2) is 8.42 Å². The Morgan fingerprint density at radius 2 is 1.81 bits per heavy atom. The van der Waals surface area contributed by atoms with Crippen LogP contribution in [0.3, 0.4) is 0 Å². The van der Waals surface area contributed by atoms with Crippen LogP contribution in [0.4, 0.5) is 0 Å². The number of hydrogen-bond acceptors (Lipinski definition) is 7. The number of carbonyl (C=O) groups is 3. The van der Waals surface area contributed by atoms with Crippen LogP contribution in [0.15, 0.2) is 65.6 Å². The summed E-state index contributed by atoms with van der Waals surface area (Å²) in [4.78, 5) is 41.6. The number of nitrogens with zero attached hydrogens (tertiary/aromatic N) is 2. The summed E-state index contributed by atoms with van der Waals surface area (Å²) in [6.45, 7) is 2.33. The lowest BCUT2D eigenvalue weighted by Gasteiger charge is -2.37. The molecule has 0 aromatic heterocycles. The highest BCUT2D eigenvalue weighted by Gasteiger charge is 2.57. The Morgan fingerprint density at radius 3 is 2.50 bits per heavy atom. The monoisotopic (exact) mass is 604 g/mol. The molecule has 0 aliphatic carbocycles. The third-order valence-corrected chi connectivity index (χ3v) is 9.58. The second-order valence-corrected chi connectivity index (χ2v) is 13.3. The van der Waals surface area contributed by atoms with Crippen molar-refractivity contribution in [3.63, 3.8) is 0 Å². The summed E-state index contributed by atoms with van der Waals surface area (Å²) in [6.07, 6.45) is 2.22. The van der Waals surface area contributed by atoms with Gasteiger partial charge in [0.2, 0.25) is 5.91 Å². The zero-order chi connectivity index (χ0) is 30.2. The lowest BCUT2D eigenvalue weighted by molar-refractivity contribution is -0.158. The minimum atomic E-state index is -3.42. The van der Waals surface area contributed by atoms with Crippen molar-refractivity contribution in [1.82, 2.24) is 4.90 Å². The topological polar surface area (TPSA) is 122 Å². The first-order chi connectivity index (χ1) is 19.9. The van der Waals surface area contributed by atoms with E-state index in [2.05, 4.69) is 6.07 Å². The van der Waals surface area contributed by atoms with E-state index >= 15 is 0 Å². The van der Waals surface area contributed by atoms with E-state index in [4.69, 9.17) is 16.3 Å². The van der Waals surface area contributed by atoms with Gasteiger partial charge < -0.3 is 9.64 Å². The molecule has 216 valence electrons. The fraction of sp³-hybridized carbons (Fsp3) is 0.312. The van der Waals surface area contributed by atoms with Gasteiger partial charge in [-0.05, 0) is 65.9 Å². The number of ketones is 1. The largest absolute Gasteiger partial charge is 0.450 e. The van der Waals surface area contributed by atoms with Crippen molar-refractivity contribution in [3.05, 3.63) is 87.9 Å². The van der Waals surface area contributed by atoms with Gasteiger partial charge in [0.15, 0.2) is 21.2 Å². The number of ether oxygens (including phenoxy) is 1. The lowest BCUT2D eigenvalue weighted by atomic mass is 9.80. The lowest BCUT2D eigenvalue weighted by Crippen LogP contribution is -2.50. The number of amides is 1. The summed E-state index contributed by atoms with van der Waals surface area (Å²) in [5.41, 5.74) is 2.34. The average Bonchev–Trinajstić information content (AvgIpc) is 3.20. The molecule has 0 bridgehead atoms. The molecule has 2 aliphatic rings. The fourth-order valence-corrected chi connectivity index (χ4v) is 6.72. The first-order valence-corrected chi connectivity index (χ1v) is 15.8. The maximum absolute atomic E-state index is 13.7. The van der Waals surface area contributed by atoms with Gasteiger partial charge in [0, 0.05) is 49.2 Å². The number of aryl methyl sites for hydroxylation is 2. The number of esters is 1. The highest BCUT2D eigenvalue weighted by molar-refractivity contribution is 7.90. The van der Waals surface area contributed by atoms with Gasteiger partial charge in [-0.1, -0.05) is 41.9 Å². The van der Waals surface area contributed by atoms with Gasteiger partial charge in [-0.3, -0.25) is 14.4 Å². The van der Waals surface area contributed by atoms with Crippen LogP contribution in [-0.2, 0) is 35.4 Å². The number of Topliss-reactive ketones (excluding diaryl/α,β-unsaturated/α-hetero) is 1. The molecular formula is C32H29ClN2O6S. The van der Waals surface area contributed by atoms with Crippen LogP contribution in [0, 0.1) is 18.3 Å². The first-order valence-electron chi connectivity index (χ1n) is 13.6. The number of likely N-dealkylation sites (tertiary alicyclic amines) is 1. The zero-order valence-electron chi connectivity index (χ0n) is 23.2. The predicted octanol–water partition coefficient (Wildman–Crippen LogP) is 4.79. The van der Waals surface area contributed by atoms with E-state index in [9.17, 15) is 28.1 Å². The quantitative estimate of drug-likeness (QED) is 0.293. The number of nitriles is 1. The summed E-state index contributed by atoms with van der Waals surface area (Å²) in [5.74, 6) is -2.19. The van der Waals surface area contributed by atoms with Crippen LogP contribution in [0.2, 0.25) is 5.02 Å². The highest BCUT2D eigenvalue weighted by Crippen LogP contribution is 2.43. The predicted molar refractivity (Wildman–Crippen MR) is 157 cm³/mol. The zero-order valence-corrected chi connectivity index (χ0v) is 24.8. The minimum Gasteiger partial charge on any atom is -0.450 e. The molecule has 1 spiro atoms. The highest BCUT2D eigenvalue weighted by atomic mass is 35.5. The molecule has 1 unspecified atom stereocenters. The molecular weight excluding hydrogens is 576 g/mol. The van der Waals surface area contributed by atoms with Crippen LogP contribution in [0.25, 0.3) is 11.1 Å². The van der Waals surface area contributed by atoms with Gasteiger partial charge in [0.25, 0.3) is 0 Å². The van der Waals surface area contributed by atoms with Crippen molar-refractivity contribution >= 4 is 39.1 Å². The van der Waals surface area contributed by atoms with Gasteiger partial charge >= 0.3 is 5.97 Å². The second-order valence-electron chi connectivity index (χ2n) is 10.9. The molecule has 0 saturated carbocycles. The standard InChI is InChI=1S/C32H29ClN2O6S/c1-20-16-26(22-8-5-9-24(17-22)42(2,39)40)27(33)18-25(20)29-30(37)32(41-31(29)38)12-14-35(15-13-32)28(36)11-10-21-6-3-4-7-23(21)19-34/h3-9,16-18,29H,10-15H2,1-2H3. The van der Waals surface area contributed by atoms with Crippen LogP contribution < -0.4 is 0 Å². The van der Waals surface area contributed by atoms with Crippen LogP contribution in [0.5, 0.6) is 0 Å². The Hall–Kier alpha value is -4.00. The van der Waals surface area contributed by atoms with Crippen molar-refractivity contribution in [2.24, 2.45) is 0 Å². The Labute approximate surface area is 249 Å². The molecule has 1 amide bonds. The smallest absolute Gasteiger partial charge is 0.322 e. The number of sulfone groups is 1. The van der Waals surface area contributed by atoms with E-state index in [1.165, 1.54) is 12.1 Å². The molecule has 1 atom stereocenters. The maximum atomic E-state index is 13.7. The van der Waals surface area contributed by atoms with Crippen molar-refractivity contribution in [2.45, 2.75) is 49.0 Å². The van der Waals surface area contributed by atoms with Crippen molar-refractivity contribution in [1.29, 1.82) is 5.26 Å². The van der Waals surface area contributed by atoms with E-state index in [0.717, 1.165) is 11.8 Å². The van der Waals surface area contributed by atoms with E-state index < -0.39 is 27.3 Å². The number of benzene rings is 3. The van der Waals surface area contributed by atoms with E-state index in [1.54, 1.807) is 48.2 Å². The third kappa shape index (κ3) is 5.57. The van der Waals surface area contributed by atoms with E-state index in [-0.39, 0.29) is 54.0 Å². The average molecular weight is 605 g/mol. The third-order valence-electron chi connectivity index (χ3n) is 8.15. The summed E-state index contributed by atoms with van der Waals surface area (Å²) >= 11 is 6.63. The molecule has 0 radical (unpaired) electrons. The number of carbonyl (C=O) groups excluding carboxylic acids is 3. The number of halogens is 1.